The van der Waals surface area contributed by atoms with E-state index in [2.05, 4.69) is 21.3 Å². The molecule has 2 atom stereocenters. The van der Waals surface area contributed by atoms with Gasteiger partial charge in [0.05, 0.1) is 17.1 Å². The lowest BCUT2D eigenvalue weighted by atomic mass is 10.0. The fourth-order valence-corrected chi connectivity index (χ4v) is 5.04. The van der Waals surface area contributed by atoms with Crippen molar-refractivity contribution >= 4 is 34.5 Å². The first-order valence-electron chi connectivity index (χ1n) is 11.7. The summed E-state index contributed by atoms with van der Waals surface area (Å²) in [7, 11) is 0. The Balaban J connectivity index is 1.16. The van der Waals surface area contributed by atoms with Crippen LogP contribution in [0.5, 0.6) is 5.75 Å². The SMILES string of the molecule is N#Cc1ccc2ccc(=O)n(CCN3C[C@@H]4CN(c5ccc6c(n5)NC(=O)CO6)C(=O)O[C@@H]4C3)c2c1. The summed E-state index contributed by atoms with van der Waals surface area (Å²) in [6.45, 7) is 2.69. The van der Waals surface area contributed by atoms with E-state index >= 15 is 0 Å². The van der Waals surface area contributed by atoms with Gasteiger partial charge in [-0.2, -0.15) is 5.26 Å². The average Bonchev–Trinajstić information content (AvgIpc) is 3.28. The molecule has 3 aliphatic rings. The normalized spacial score (nSPS) is 21.2. The summed E-state index contributed by atoms with van der Waals surface area (Å²) in [6, 6.07) is 14.1. The van der Waals surface area contributed by atoms with E-state index in [0.717, 1.165) is 10.9 Å². The number of nitriles is 1. The number of ether oxygens (including phenoxy) is 2. The molecule has 3 aromatic rings. The zero-order valence-electron chi connectivity index (χ0n) is 19.2. The molecule has 36 heavy (non-hydrogen) atoms. The number of hydrogen-bond donors (Lipinski definition) is 1. The number of amides is 2. The summed E-state index contributed by atoms with van der Waals surface area (Å²) in [6.07, 6.45) is -0.730. The van der Waals surface area contributed by atoms with Gasteiger partial charge in [0.15, 0.2) is 18.2 Å². The fraction of sp³-hybridized carbons (Fsp3) is 0.320. The van der Waals surface area contributed by atoms with E-state index in [0.29, 0.717) is 49.9 Å². The van der Waals surface area contributed by atoms with E-state index in [1.54, 1.807) is 34.9 Å². The molecule has 2 saturated heterocycles. The summed E-state index contributed by atoms with van der Waals surface area (Å²) in [5.74, 6) is 0.901. The van der Waals surface area contributed by atoms with Gasteiger partial charge < -0.3 is 19.4 Å². The topological polar surface area (TPSA) is 130 Å². The predicted octanol–water partition coefficient (Wildman–Crippen LogP) is 1.56. The van der Waals surface area contributed by atoms with Gasteiger partial charge in [0, 0.05) is 44.7 Å². The van der Waals surface area contributed by atoms with Crippen LogP contribution in [0.4, 0.5) is 16.4 Å². The number of likely N-dealkylation sites (tertiary alicyclic amines) is 1. The number of carbonyl (C=O) groups is 2. The van der Waals surface area contributed by atoms with Crippen LogP contribution in [-0.4, -0.2) is 65.3 Å². The summed E-state index contributed by atoms with van der Waals surface area (Å²) < 4.78 is 12.8. The van der Waals surface area contributed by atoms with Crippen LogP contribution in [0.15, 0.2) is 47.3 Å². The lowest BCUT2D eigenvalue weighted by Crippen LogP contribution is -2.48. The molecule has 2 amide bonds. The first-order valence-corrected chi connectivity index (χ1v) is 11.7. The Hall–Kier alpha value is -4.43. The Morgan fingerprint density at radius 3 is 2.78 bits per heavy atom. The summed E-state index contributed by atoms with van der Waals surface area (Å²) in [5, 5.41) is 12.8. The molecule has 11 heteroatoms. The van der Waals surface area contributed by atoms with E-state index in [1.807, 2.05) is 6.07 Å². The van der Waals surface area contributed by atoms with Crippen LogP contribution in [0.2, 0.25) is 0 Å². The summed E-state index contributed by atoms with van der Waals surface area (Å²) >= 11 is 0. The summed E-state index contributed by atoms with van der Waals surface area (Å²) in [4.78, 5) is 45.0. The molecule has 2 aromatic heterocycles. The van der Waals surface area contributed by atoms with Crippen molar-refractivity contribution in [1.82, 2.24) is 14.5 Å². The Morgan fingerprint density at radius 2 is 1.92 bits per heavy atom. The molecule has 11 nitrogen and oxygen atoms in total. The third kappa shape index (κ3) is 3.91. The highest BCUT2D eigenvalue weighted by molar-refractivity contribution is 5.95. The molecule has 5 heterocycles. The second-order valence-corrected chi connectivity index (χ2v) is 9.11. The van der Waals surface area contributed by atoms with Crippen LogP contribution in [-0.2, 0) is 16.1 Å². The van der Waals surface area contributed by atoms with Crippen molar-refractivity contribution in [1.29, 1.82) is 5.26 Å². The highest BCUT2D eigenvalue weighted by Gasteiger charge is 2.43. The van der Waals surface area contributed by atoms with E-state index < -0.39 is 6.09 Å². The van der Waals surface area contributed by atoms with Crippen molar-refractivity contribution in [2.24, 2.45) is 5.92 Å². The summed E-state index contributed by atoms with van der Waals surface area (Å²) in [5.41, 5.74) is 1.11. The van der Waals surface area contributed by atoms with Crippen molar-refractivity contribution in [3.63, 3.8) is 0 Å². The van der Waals surface area contributed by atoms with E-state index in [1.165, 1.54) is 11.0 Å². The number of fused-ring (bicyclic) bond motifs is 3. The number of carbonyl (C=O) groups excluding carboxylic acids is 2. The van der Waals surface area contributed by atoms with E-state index in [-0.39, 0.29) is 35.9 Å². The van der Waals surface area contributed by atoms with Crippen LogP contribution in [0.1, 0.15) is 5.56 Å². The Bertz CT molecular complexity index is 1490. The maximum Gasteiger partial charge on any atom is 0.415 e. The van der Waals surface area contributed by atoms with Crippen molar-refractivity contribution in [2.75, 3.05) is 43.0 Å². The largest absolute Gasteiger partial charge is 0.480 e. The molecule has 0 bridgehead atoms. The lowest BCUT2D eigenvalue weighted by molar-refractivity contribution is -0.118. The molecular weight excluding hydrogens is 464 g/mol. The molecule has 0 aliphatic carbocycles. The number of hydrogen-bond acceptors (Lipinski definition) is 8. The van der Waals surface area contributed by atoms with Gasteiger partial charge >= 0.3 is 6.09 Å². The van der Waals surface area contributed by atoms with Gasteiger partial charge in [0.25, 0.3) is 11.5 Å². The average molecular weight is 486 g/mol. The molecule has 6 rings (SSSR count). The van der Waals surface area contributed by atoms with Crippen LogP contribution < -0.4 is 20.5 Å². The second kappa shape index (κ2) is 8.66. The van der Waals surface area contributed by atoms with Crippen LogP contribution in [0.25, 0.3) is 10.9 Å². The third-order valence-corrected chi connectivity index (χ3v) is 6.84. The Labute approximate surface area is 205 Å². The number of rotatable bonds is 4. The Morgan fingerprint density at radius 1 is 1.06 bits per heavy atom. The highest BCUT2D eigenvalue weighted by atomic mass is 16.6. The van der Waals surface area contributed by atoms with Gasteiger partial charge in [-0.1, -0.05) is 6.07 Å². The highest BCUT2D eigenvalue weighted by Crippen LogP contribution is 2.32. The molecule has 0 unspecified atom stereocenters. The molecule has 0 radical (unpaired) electrons. The molecule has 1 aromatic carbocycles. The minimum atomic E-state index is -0.483. The fourth-order valence-electron chi connectivity index (χ4n) is 5.04. The minimum Gasteiger partial charge on any atom is -0.480 e. The van der Waals surface area contributed by atoms with Gasteiger partial charge in [0.2, 0.25) is 0 Å². The van der Waals surface area contributed by atoms with Gasteiger partial charge in [-0.3, -0.25) is 19.4 Å². The zero-order valence-corrected chi connectivity index (χ0v) is 19.2. The maximum atomic E-state index is 12.8. The Kier molecular flexibility index (Phi) is 5.30. The molecule has 1 N–H and O–H groups in total. The molecule has 2 fully saturated rings. The number of nitrogens with zero attached hydrogens (tertiary/aromatic N) is 5. The first-order chi connectivity index (χ1) is 17.5. The van der Waals surface area contributed by atoms with E-state index in [9.17, 15) is 19.6 Å². The maximum absolute atomic E-state index is 12.8. The quantitative estimate of drug-likeness (QED) is 0.588. The first kappa shape index (κ1) is 22.1. The van der Waals surface area contributed by atoms with Gasteiger partial charge in [-0.05, 0) is 35.7 Å². The molecule has 3 aliphatic heterocycles. The zero-order chi connectivity index (χ0) is 24.8. The number of nitrogens with one attached hydrogen (secondary N) is 1. The lowest BCUT2D eigenvalue weighted by Gasteiger charge is -2.33. The van der Waals surface area contributed by atoms with Crippen molar-refractivity contribution in [3.05, 3.63) is 58.4 Å². The molecule has 182 valence electrons. The monoisotopic (exact) mass is 486 g/mol. The van der Waals surface area contributed by atoms with Crippen LogP contribution in [0.3, 0.4) is 0 Å². The second-order valence-electron chi connectivity index (χ2n) is 9.11. The van der Waals surface area contributed by atoms with Crippen LogP contribution >= 0.6 is 0 Å². The minimum absolute atomic E-state index is 0.0657. The van der Waals surface area contributed by atoms with Crippen molar-refractivity contribution in [3.8, 4) is 11.8 Å². The van der Waals surface area contributed by atoms with E-state index in [4.69, 9.17) is 9.47 Å². The number of anilines is 2. The number of benzene rings is 1. The molecular formula is C25H22N6O5. The van der Waals surface area contributed by atoms with Crippen LogP contribution in [0, 0.1) is 17.2 Å². The van der Waals surface area contributed by atoms with Crippen molar-refractivity contribution < 1.29 is 19.1 Å². The molecule has 0 spiro atoms. The smallest absolute Gasteiger partial charge is 0.415 e. The van der Waals surface area contributed by atoms with Gasteiger partial charge in [-0.25, -0.2) is 9.78 Å². The van der Waals surface area contributed by atoms with Gasteiger partial charge in [-0.15, -0.1) is 0 Å². The molecule has 0 saturated carbocycles. The standard InChI is InChI=1S/C25H22N6O5/c26-10-15-1-2-16-3-6-23(33)30(18(16)9-15)8-7-29-11-17-12-31(25(34)36-20(17)13-29)21-5-4-19-24(27-21)28-22(32)14-35-19/h1-6,9,17,20H,7-8,11-14H2,(H,27,28,32)/t17-,20-/m1/s1. The van der Waals surface area contributed by atoms with Gasteiger partial charge in [0.1, 0.15) is 11.9 Å². The third-order valence-electron chi connectivity index (χ3n) is 6.84. The van der Waals surface area contributed by atoms with Crippen molar-refractivity contribution in [2.45, 2.75) is 12.6 Å². The predicted molar refractivity (Wildman–Crippen MR) is 129 cm³/mol. The number of pyridine rings is 2. The number of aromatic nitrogens is 2.